The van der Waals surface area contributed by atoms with Crippen molar-refractivity contribution in [1.29, 1.82) is 0 Å². The molecule has 1 amide bonds. The summed E-state index contributed by atoms with van der Waals surface area (Å²) in [6, 6.07) is 20.6. The fraction of sp³-hybridized carbons (Fsp3) is 0.125. The van der Waals surface area contributed by atoms with E-state index in [-0.39, 0.29) is 30.6 Å². The molecule has 0 aliphatic heterocycles. The normalized spacial score (nSPS) is 12.6. The molecule has 29 heavy (non-hydrogen) atoms. The Morgan fingerprint density at radius 2 is 1.62 bits per heavy atom. The molecule has 4 rings (SSSR count). The van der Waals surface area contributed by atoms with E-state index in [9.17, 15) is 15.0 Å². The van der Waals surface area contributed by atoms with E-state index >= 15 is 0 Å². The molecule has 0 saturated heterocycles. The van der Waals surface area contributed by atoms with Crippen molar-refractivity contribution in [2.24, 2.45) is 0 Å². The van der Waals surface area contributed by atoms with Crippen LogP contribution in [0.4, 0.5) is 4.79 Å². The Kier molecular flexibility index (Phi) is 5.20. The van der Waals surface area contributed by atoms with Gasteiger partial charge in [0, 0.05) is 18.0 Å². The van der Waals surface area contributed by atoms with E-state index < -0.39 is 6.09 Å². The molecule has 1 aliphatic rings. The molecule has 3 N–H and O–H groups in total. The number of nitrogens with one attached hydrogen (secondary N) is 1. The molecule has 146 valence electrons. The van der Waals surface area contributed by atoms with E-state index in [2.05, 4.69) is 29.6 Å². The monoisotopic (exact) mass is 387 g/mol. The van der Waals surface area contributed by atoms with Gasteiger partial charge in [0.05, 0.1) is 0 Å². The lowest BCUT2D eigenvalue weighted by atomic mass is 9.98. The van der Waals surface area contributed by atoms with E-state index in [0.717, 1.165) is 0 Å². The molecule has 3 aromatic carbocycles. The van der Waals surface area contributed by atoms with Crippen LogP contribution in [0, 0.1) is 0 Å². The summed E-state index contributed by atoms with van der Waals surface area (Å²) in [5.74, 6) is 0.139. The fourth-order valence-corrected chi connectivity index (χ4v) is 3.65. The summed E-state index contributed by atoms with van der Waals surface area (Å²) in [5, 5.41) is 21.9. The van der Waals surface area contributed by atoms with Gasteiger partial charge in [0.2, 0.25) is 0 Å². The molecule has 0 radical (unpaired) electrons. The number of carbonyl (C=O) groups excluding carboxylic acids is 1. The van der Waals surface area contributed by atoms with Crippen LogP contribution in [0.1, 0.15) is 22.6 Å². The minimum absolute atomic E-state index is 0.0212. The third-order valence-electron chi connectivity index (χ3n) is 5.02. The summed E-state index contributed by atoms with van der Waals surface area (Å²) in [7, 11) is 0. The number of rotatable bonds is 5. The minimum atomic E-state index is -0.503. The van der Waals surface area contributed by atoms with Crippen molar-refractivity contribution >= 4 is 12.2 Å². The Balaban J connectivity index is 1.34. The number of phenolic OH excluding ortho intramolecular Hbond substituents is 2. The average Bonchev–Trinajstić information content (AvgIpc) is 3.06. The van der Waals surface area contributed by atoms with Gasteiger partial charge in [0.15, 0.2) is 0 Å². The highest BCUT2D eigenvalue weighted by Crippen LogP contribution is 2.44. The van der Waals surface area contributed by atoms with Crippen LogP contribution in [0.5, 0.6) is 11.5 Å². The first kappa shape index (κ1) is 18.6. The van der Waals surface area contributed by atoms with Crippen LogP contribution in [0.2, 0.25) is 0 Å². The van der Waals surface area contributed by atoms with Gasteiger partial charge in [-0.3, -0.25) is 0 Å². The Hall–Kier alpha value is -3.73. The highest BCUT2D eigenvalue weighted by Gasteiger charge is 2.28. The molecule has 5 nitrogen and oxygen atoms in total. The van der Waals surface area contributed by atoms with Gasteiger partial charge in [-0.25, -0.2) is 4.79 Å². The number of hydrogen-bond acceptors (Lipinski definition) is 4. The number of fused-ring (bicyclic) bond motifs is 3. The lowest BCUT2D eigenvalue weighted by Crippen LogP contribution is -2.26. The number of aromatic hydroxyl groups is 2. The summed E-state index contributed by atoms with van der Waals surface area (Å²) >= 11 is 0. The summed E-state index contributed by atoms with van der Waals surface area (Å²) in [6.07, 6.45) is 2.80. The van der Waals surface area contributed by atoms with Crippen LogP contribution in [0.15, 0.2) is 72.8 Å². The first-order valence-electron chi connectivity index (χ1n) is 9.41. The zero-order chi connectivity index (χ0) is 20.2. The second-order valence-corrected chi connectivity index (χ2v) is 6.85. The molecule has 0 spiro atoms. The molecule has 3 aromatic rings. The van der Waals surface area contributed by atoms with Crippen LogP contribution in [-0.2, 0) is 4.74 Å². The first-order chi connectivity index (χ1) is 14.1. The Morgan fingerprint density at radius 1 is 0.966 bits per heavy atom. The summed E-state index contributed by atoms with van der Waals surface area (Å²) < 4.78 is 5.46. The third kappa shape index (κ3) is 3.94. The summed E-state index contributed by atoms with van der Waals surface area (Å²) in [6.45, 7) is 0.503. The standard InChI is InChI=1S/C24H21NO4/c26-17-11-12-23(27)16(14-17)6-5-13-25-24(28)29-15-22-20-9-3-1-7-18(20)19-8-2-4-10-21(19)22/h1-12,14,22,26-27H,13,15H2,(H,25,28). The van der Waals surface area contributed by atoms with Crippen LogP contribution in [0.25, 0.3) is 17.2 Å². The van der Waals surface area contributed by atoms with E-state index in [1.54, 1.807) is 12.2 Å². The molecule has 0 heterocycles. The molecule has 5 heteroatoms. The largest absolute Gasteiger partial charge is 0.508 e. The van der Waals surface area contributed by atoms with E-state index in [4.69, 9.17) is 4.74 Å². The van der Waals surface area contributed by atoms with Crippen molar-refractivity contribution in [1.82, 2.24) is 5.32 Å². The highest BCUT2D eigenvalue weighted by atomic mass is 16.5. The van der Waals surface area contributed by atoms with Crippen LogP contribution in [0.3, 0.4) is 0 Å². The maximum atomic E-state index is 12.1. The second-order valence-electron chi connectivity index (χ2n) is 6.85. The van der Waals surface area contributed by atoms with Gasteiger partial charge in [0.1, 0.15) is 18.1 Å². The van der Waals surface area contributed by atoms with Crippen molar-refractivity contribution in [3.63, 3.8) is 0 Å². The molecule has 0 atom stereocenters. The average molecular weight is 387 g/mol. The maximum Gasteiger partial charge on any atom is 0.407 e. The van der Waals surface area contributed by atoms with Crippen LogP contribution >= 0.6 is 0 Å². The van der Waals surface area contributed by atoms with Gasteiger partial charge in [0.25, 0.3) is 0 Å². The summed E-state index contributed by atoms with van der Waals surface area (Å²) in [4.78, 5) is 12.1. The van der Waals surface area contributed by atoms with Gasteiger partial charge < -0.3 is 20.3 Å². The highest BCUT2D eigenvalue weighted by molar-refractivity contribution is 5.79. The van der Waals surface area contributed by atoms with Crippen molar-refractivity contribution in [2.45, 2.75) is 5.92 Å². The number of hydrogen-bond donors (Lipinski definition) is 3. The van der Waals surface area contributed by atoms with Crippen LogP contribution in [-0.4, -0.2) is 29.5 Å². The van der Waals surface area contributed by atoms with E-state index in [0.29, 0.717) is 5.56 Å². The zero-order valence-corrected chi connectivity index (χ0v) is 15.7. The summed E-state index contributed by atoms with van der Waals surface area (Å²) in [5.41, 5.74) is 5.18. The van der Waals surface area contributed by atoms with E-state index in [1.165, 1.54) is 40.5 Å². The number of carbonyl (C=O) groups is 1. The lowest BCUT2D eigenvalue weighted by molar-refractivity contribution is 0.144. The predicted octanol–water partition coefficient (Wildman–Crippen LogP) is 4.65. The molecule has 0 fully saturated rings. The molecule has 0 unspecified atom stereocenters. The van der Waals surface area contributed by atoms with Crippen molar-refractivity contribution in [3.05, 3.63) is 89.5 Å². The maximum absolute atomic E-state index is 12.1. The molecule has 1 aliphatic carbocycles. The van der Waals surface area contributed by atoms with Gasteiger partial charge in [-0.15, -0.1) is 0 Å². The Bertz CT molecular complexity index is 1030. The van der Waals surface area contributed by atoms with Gasteiger partial charge in [-0.2, -0.15) is 0 Å². The quantitative estimate of drug-likeness (QED) is 0.557. The van der Waals surface area contributed by atoms with Crippen LogP contribution < -0.4 is 5.32 Å². The Labute approximate surface area is 168 Å². The smallest absolute Gasteiger partial charge is 0.407 e. The molecular weight excluding hydrogens is 366 g/mol. The number of phenols is 2. The predicted molar refractivity (Wildman–Crippen MR) is 112 cm³/mol. The van der Waals surface area contributed by atoms with Crippen molar-refractivity contribution in [3.8, 4) is 22.6 Å². The minimum Gasteiger partial charge on any atom is -0.508 e. The van der Waals surface area contributed by atoms with Gasteiger partial charge in [-0.05, 0) is 40.5 Å². The zero-order valence-electron chi connectivity index (χ0n) is 15.7. The first-order valence-corrected chi connectivity index (χ1v) is 9.41. The Morgan fingerprint density at radius 3 is 2.31 bits per heavy atom. The van der Waals surface area contributed by atoms with Crippen molar-refractivity contribution < 1.29 is 19.7 Å². The second kappa shape index (κ2) is 8.10. The van der Waals surface area contributed by atoms with Gasteiger partial charge in [-0.1, -0.05) is 60.7 Å². The number of alkyl carbamates (subject to hydrolysis) is 1. The fourth-order valence-electron chi connectivity index (χ4n) is 3.65. The molecule has 0 bridgehead atoms. The SMILES string of the molecule is O=C(NCC=Cc1cc(O)ccc1O)OCC1c2ccccc2-c2ccccc21. The van der Waals surface area contributed by atoms with Gasteiger partial charge >= 0.3 is 6.09 Å². The number of amides is 1. The molecule has 0 aromatic heterocycles. The molecule has 0 saturated carbocycles. The molecular formula is C24H21NO4. The third-order valence-corrected chi connectivity index (χ3v) is 5.02. The number of benzene rings is 3. The van der Waals surface area contributed by atoms with E-state index in [1.807, 2.05) is 24.3 Å². The topological polar surface area (TPSA) is 78.8 Å². The number of ether oxygens (including phenoxy) is 1. The lowest BCUT2D eigenvalue weighted by Gasteiger charge is -2.14. The van der Waals surface area contributed by atoms with Crippen molar-refractivity contribution in [2.75, 3.05) is 13.2 Å².